The smallest absolute Gasteiger partial charge is 0.338 e. The molecule has 0 unspecified atom stereocenters. The molecule has 1 aromatic heterocycles. The Morgan fingerprint density at radius 1 is 1.16 bits per heavy atom. The SMILES string of the molecule is CCOC(=O)c1cc(C(=O)OCc2c(C)noc2C)cc([N+](=O)[O-])c1. The van der Waals surface area contributed by atoms with E-state index in [1.165, 1.54) is 6.07 Å². The molecule has 25 heavy (non-hydrogen) atoms. The summed E-state index contributed by atoms with van der Waals surface area (Å²) in [5.74, 6) is -1.06. The number of benzene rings is 1. The van der Waals surface area contributed by atoms with Crippen LogP contribution in [0.15, 0.2) is 22.7 Å². The number of nitro groups is 1. The van der Waals surface area contributed by atoms with Crippen molar-refractivity contribution in [3.05, 3.63) is 56.5 Å². The zero-order chi connectivity index (χ0) is 18.6. The van der Waals surface area contributed by atoms with Gasteiger partial charge in [-0.15, -0.1) is 0 Å². The molecule has 0 saturated heterocycles. The first-order valence-corrected chi connectivity index (χ1v) is 7.39. The van der Waals surface area contributed by atoms with Crippen LogP contribution >= 0.6 is 0 Å². The molecule has 0 radical (unpaired) electrons. The van der Waals surface area contributed by atoms with Crippen LogP contribution in [0, 0.1) is 24.0 Å². The molecule has 0 saturated carbocycles. The Labute approximate surface area is 142 Å². The maximum atomic E-state index is 12.2. The summed E-state index contributed by atoms with van der Waals surface area (Å²) in [6.45, 7) is 4.99. The van der Waals surface area contributed by atoms with Crippen molar-refractivity contribution < 1.29 is 28.5 Å². The number of ether oxygens (including phenoxy) is 2. The van der Waals surface area contributed by atoms with E-state index < -0.39 is 22.5 Å². The zero-order valence-corrected chi connectivity index (χ0v) is 13.9. The standard InChI is InChI=1S/C16H16N2O7/c1-4-23-15(19)11-5-12(7-13(6-11)18(21)22)16(20)24-8-14-9(2)17-25-10(14)3/h5-7H,4,8H2,1-3H3. The number of carbonyl (C=O) groups is 2. The molecule has 0 N–H and O–H groups in total. The molecule has 0 aliphatic rings. The molecule has 9 heteroatoms. The Hall–Kier alpha value is -3.23. The summed E-state index contributed by atoms with van der Waals surface area (Å²) in [4.78, 5) is 34.4. The highest BCUT2D eigenvalue weighted by Gasteiger charge is 2.20. The van der Waals surface area contributed by atoms with Crippen molar-refractivity contribution in [3.63, 3.8) is 0 Å². The van der Waals surface area contributed by atoms with E-state index in [0.717, 1.165) is 12.1 Å². The number of carbonyl (C=O) groups excluding carboxylic acids is 2. The van der Waals surface area contributed by atoms with Gasteiger partial charge in [-0.25, -0.2) is 9.59 Å². The van der Waals surface area contributed by atoms with E-state index in [1.807, 2.05) is 0 Å². The zero-order valence-electron chi connectivity index (χ0n) is 13.9. The van der Waals surface area contributed by atoms with Gasteiger partial charge in [0.2, 0.25) is 0 Å². The molecule has 1 aromatic carbocycles. The molecule has 9 nitrogen and oxygen atoms in total. The quantitative estimate of drug-likeness (QED) is 0.443. The third-order valence-corrected chi connectivity index (χ3v) is 3.40. The van der Waals surface area contributed by atoms with Crippen molar-refractivity contribution in [3.8, 4) is 0 Å². The minimum atomic E-state index is -0.811. The minimum Gasteiger partial charge on any atom is -0.462 e. The maximum absolute atomic E-state index is 12.2. The lowest BCUT2D eigenvalue weighted by Gasteiger charge is -2.07. The fraction of sp³-hybridized carbons (Fsp3) is 0.312. The Kier molecular flexibility index (Phi) is 5.48. The summed E-state index contributed by atoms with van der Waals surface area (Å²) in [5.41, 5.74) is 0.570. The van der Waals surface area contributed by atoms with E-state index in [0.29, 0.717) is 17.0 Å². The maximum Gasteiger partial charge on any atom is 0.338 e. The average Bonchev–Trinajstić information content (AvgIpc) is 2.90. The van der Waals surface area contributed by atoms with Gasteiger partial charge in [-0.1, -0.05) is 5.16 Å². The van der Waals surface area contributed by atoms with Gasteiger partial charge in [0.25, 0.3) is 5.69 Å². The van der Waals surface area contributed by atoms with Crippen molar-refractivity contribution in [1.82, 2.24) is 5.16 Å². The first-order chi connectivity index (χ1) is 11.8. The van der Waals surface area contributed by atoms with Gasteiger partial charge in [0, 0.05) is 12.1 Å². The average molecular weight is 348 g/mol. The molecule has 0 fully saturated rings. The highest BCUT2D eigenvalue weighted by Crippen LogP contribution is 2.20. The molecule has 2 aromatic rings. The molecule has 0 bridgehead atoms. The fourth-order valence-electron chi connectivity index (χ4n) is 2.10. The van der Waals surface area contributed by atoms with Crippen LogP contribution in [0.5, 0.6) is 0 Å². The fourth-order valence-corrected chi connectivity index (χ4v) is 2.10. The Morgan fingerprint density at radius 2 is 1.76 bits per heavy atom. The molecule has 1 heterocycles. The number of rotatable bonds is 6. The largest absolute Gasteiger partial charge is 0.462 e. The van der Waals surface area contributed by atoms with Crippen molar-refractivity contribution in [2.75, 3.05) is 6.61 Å². The van der Waals surface area contributed by atoms with Crippen LogP contribution in [-0.4, -0.2) is 28.6 Å². The predicted molar refractivity (Wildman–Crippen MR) is 84.1 cm³/mol. The third kappa shape index (κ3) is 4.19. The summed E-state index contributed by atoms with van der Waals surface area (Å²) in [6, 6.07) is 3.28. The first kappa shape index (κ1) is 18.1. The van der Waals surface area contributed by atoms with E-state index in [1.54, 1.807) is 20.8 Å². The second-order valence-electron chi connectivity index (χ2n) is 5.12. The van der Waals surface area contributed by atoms with Crippen LogP contribution in [0.1, 0.15) is 44.7 Å². The summed E-state index contributed by atoms with van der Waals surface area (Å²) in [5, 5.41) is 14.8. The molecule has 0 aliphatic carbocycles. The second-order valence-corrected chi connectivity index (χ2v) is 5.12. The summed E-state index contributed by atoms with van der Waals surface area (Å²) < 4.78 is 14.9. The van der Waals surface area contributed by atoms with E-state index in [9.17, 15) is 19.7 Å². The van der Waals surface area contributed by atoms with Crippen LogP contribution < -0.4 is 0 Å². The monoisotopic (exact) mass is 348 g/mol. The van der Waals surface area contributed by atoms with Gasteiger partial charge in [0.15, 0.2) is 0 Å². The van der Waals surface area contributed by atoms with Gasteiger partial charge in [-0.3, -0.25) is 10.1 Å². The van der Waals surface area contributed by atoms with E-state index in [2.05, 4.69) is 5.16 Å². The summed E-state index contributed by atoms with van der Waals surface area (Å²) in [7, 11) is 0. The lowest BCUT2D eigenvalue weighted by Crippen LogP contribution is -2.10. The third-order valence-electron chi connectivity index (χ3n) is 3.40. The summed E-state index contributed by atoms with van der Waals surface area (Å²) in [6.07, 6.45) is 0. The molecule has 0 atom stereocenters. The van der Waals surface area contributed by atoms with Crippen molar-refractivity contribution in [2.24, 2.45) is 0 Å². The number of aromatic nitrogens is 1. The number of hydrogen-bond donors (Lipinski definition) is 0. The molecular formula is C16H16N2O7. The van der Waals surface area contributed by atoms with Crippen molar-refractivity contribution >= 4 is 17.6 Å². The number of nitro benzene ring substituents is 1. The van der Waals surface area contributed by atoms with Crippen molar-refractivity contribution in [1.29, 1.82) is 0 Å². The molecule has 0 aliphatic heterocycles. The Bertz CT molecular complexity index is 806. The van der Waals surface area contributed by atoms with Crippen LogP contribution in [0.3, 0.4) is 0 Å². The second kappa shape index (κ2) is 7.56. The predicted octanol–water partition coefficient (Wildman–Crippen LogP) is 2.73. The van der Waals surface area contributed by atoms with Crippen LogP contribution in [0.4, 0.5) is 5.69 Å². The van der Waals surface area contributed by atoms with E-state index in [4.69, 9.17) is 14.0 Å². The normalized spacial score (nSPS) is 10.4. The molecule has 0 spiro atoms. The lowest BCUT2D eigenvalue weighted by molar-refractivity contribution is -0.384. The van der Waals surface area contributed by atoms with Gasteiger partial charge >= 0.3 is 11.9 Å². The van der Waals surface area contributed by atoms with E-state index in [-0.39, 0.29) is 24.3 Å². The van der Waals surface area contributed by atoms with Crippen LogP contribution in [0.25, 0.3) is 0 Å². The number of non-ortho nitro benzene ring substituents is 1. The molecule has 132 valence electrons. The van der Waals surface area contributed by atoms with Gasteiger partial charge in [0.1, 0.15) is 12.4 Å². The highest BCUT2D eigenvalue weighted by atomic mass is 16.6. The van der Waals surface area contributed by atoms with Crippen molar-refractivity contribution in [2.45, 2.75) is 27.4 Å². The topological polar surface area (TPSA) is 122 Å². The number of nitrogens with zero attached hydrogens (tertiary/aromatic N) is 2. The molecule has 0 amide bonds. The van der Waals surface area contributed by atoms with Gasteiger partial charge < -0.3 is 14.0 Å². The van der Waals surface area contributed by atoms with Gasteiger partial charge in [-0.05, 0) is 26.8 Å². The number of hydrogen-bond acceptors (Lipinski definition) is 8. The van der Waals surface area contributed by atoms with E-state index >= 15 is 0 Å². The van der Waals surface area contributed by atoms with Crippen LogP contribution in [0.2, 0.25) is 0 Å². The highest BCUT2D eigenvalue weighted by molar-refractivity contribution is 5.96. The first-order valence-electron chi connectivity index (χ1n) is 7.39. The molecule has 2 rings (SSSR count). The molecular weight excluding hydrogens is 332 g/mol. The minimum absolute atomic E-state index is 0.0969. The lowest BCUT2D eigenvalue weighted by atomic mass is 10.1. The Balaban J connectivity index is 2.25. The number of aryl methyl sites for hydroxylation is 2. The number of esters is 2. The summed E-state index contributed by atoms with van der Waals surface area (Å²) >= 11 is 0. The Morgan fingerprint density at radius 3 is 2.24 bits per heavy atom. The van der Waals surface area contributed by atoms with Gasteiger partial charge in [-0.2, -0.15) is 0 Å². The van der Waals surface area contributed by atoms with Gasteiger partial charge in [0.05, 0.1) is 33.9 Å². The van der Waals surface area contributed by atoms with Crippen LogP contribution in [-0.2, 0) is 16.1 Å².